The van der Waals surface area contributed by atoms with Crippen molar-refractivity contribution in [1.82, 2.24) is 20.3 Å². The number of H-pyrrole nitrogens is 1. The molecule has 0 spiro atoms. The minimum Gasteiger partial charge on any atom is -0.508 e. The van der Waals surface area contributed by atoms with Gasteiger partial charge in [-0.25, -0.2) is 4.98 Å². The summed E-state index contributed by atoms with van der Waals surface area (Å²) in [6.45, 7) is 5.87. The van der Waals surface area contributed by atoms with E-state index in [1.807, 2.05) is 60.7 Å². The number of alkyl halides is 1. The summed E-state index contributed by atoms with van der Waals surface area (Å²) < 4.78 is 0. The van der Waals surface area contributed by atoms with Gasteiger partial charge in [-0.05, 0) is 53.9 Å². The number of rotatable bonds is 8. The molecular formula is C31H29ClN4O2. The highest BCUT2D eigenvalue weighted by molar-refractivity contribution is 6.23. The number of hydrogen-bond acceptors (Lipinski definition) is 4. The molecule has 0 fully saturated rings. The minimum atomic E-state index is -0.387. The van der Waals surface area contributed by atoms with Crippen molar-refractivity contribution in [2.24, 2.45) is 0 Å². The fraction of sp³-hybridized carbons (Fsp3) is 0.194. The molecule has 3 atom stereocenters. The molecule has 0 aliphatic heterocycles. The summed E-state index contributed by atoms with van der Waals surface area (Å²) in [5.74, 6) is 0.0368. The number of nitrogens with one attached hydrogen (secondary N) is 2. The Labute approximate surface area is 226 Å². The van der Waals surface area contributed by atoms with Gasteiger partial charge in [-0.15, -0.1) is 11.6 Å². The van der Waals surface area contributed by atoms with Crippen LogP contribution in [0.4, 0.5) is 0 Å². The molecule has 4 aromatic rings. The molecule has 2 unspecified atom stereocenters. The first-order chi connectivity index (χ1) is 18.5. The Morgan fingerprint density at radius 3 is 2.71 bits per heavy atom. The first kappa shape index (κ1) is 25.5. The van der Waals surface area contributed by atoms with Crippen molar-refractivity contribution in [2.45, 2.75) is 37.1 Å². The van der Waals surface area contributed by atoms with Gasteiger partial charge in [0.05, 0.1) is 22.5 Å². The van der Waals surface area contributed by atoms with Crippen LogP contribution in [0.15, 0.2) is 91.8 Å². The smallest absolute Gasteiger partial charge is 0.251 e. The number of aromatic nitrogens is 3. The third-order valence-corrected chi connectivity index (χ3v) is 7.24. The van der Waals surface area contributed by atoms with Crippen LogP contribution in [0.25, 0.3) is 22.4 Å². The highest BCUT2D eigenvalue weighted by atomic mass is 35.5. The minimum absolute atomic E-state index is 0.128. The van der Waals surface area contributed by atoms with E-state index in [1.54, 1.807) is 24.5 Å². The molecule has 0 saturated heterocycles. The van der Waals surface area contributed by atoms with Crippen LogP contribution in [-0.4, -0.2) is 31.3 Å². The Morgan fingerprint density at radius 2 is 1.97 bits per heavy atom. The highest BCUT2D eigenvalue weighted by Crippen LogP contribution is 2.42. The second kappa shape index (κ2) is 11.1. The Balaban J connectivity index is 1.49. The maximum Gasteiger partial charge on any atom is 0.251 e. The number of benzene rings is 2. The van der Waals surface area contributed by atoms with Crippen molar-refractivity contribution >= 4 is 39.9 Å². The molecular weight excluding hydrogens is 496 g/mol. The van der Waals surface area contributed by atoms with Gasteiger partial charge in [-0.3, -0.25) is 9.78 Å². The summed E-state index contributed by atoms with van der Waals surface area (Å²) in [4.78, 5) is 25.6. The second-order valence-electron chi connectivity index (χ2n) is 9.38. The van der Waals surface area contributed by atoms with Crippen LogP contribution < -0.4 is 5.32 Å². The van der Waals surface area contributed by atoms with Crippen molar-refractivity contribution in [1.29, 1.82) is 0 Å². The molecule has 0 bridgehead atoms. The van der Waals surface area contributed by atoms with Crippen LogP contribution in [0.5, 0.6) is 0 Å². The van der Waals surface area contributed by atoms with Gasteiger partial charge in [0, 0.05) is 35.0 Å². The number of imidazole rings is 1. The summed E-state index contributed by atoms with van der Waals surface area (Å²) in [6.07, 6.45) is 11.0. The Bertz CT molecular complexity index is 1510. The van der Waals surface area contributed by atoms with Gasteiger partial charge in [0.15, 0.2) is 0 Å². The van der Waals surface area contributed by atoms with Crippen LogP contribution in [0.1, 0.15) is 64.6 Å². The number of aromatic amines is 1. The number of aliphatic hydroxyl groups is 1. The molecule has 2 aromatic carbocycles. The van der Waals surface area contributed by atoms with Gasteiger partial charge in [-0.2, -0.15) is 0 Å². The summed E-state index contributed by atoms with van der Waals surface area (Å²) >= 11 is 6.85. The van der Waals surface area contributed by atoms with E-state index >= 15 is 0 Å². The number of aliphatic hydroxyl groups excluding tert-OH is 1. The molecule has 0 radical (unpaired) electrons. The third kappa shape index (κ3) is 5.13. The molecule has 0 saturated carbocycles. The summed E-state index contributed by atoms with van der Waals surface area (Å²) in [5, 5.41) is 13.4. The van der Waals surface area contributed by atoms with Crippen molar-refractivity contribution < 1.29 is 9.90 Å². The Morgan fingerprint density at radius 1 is 1.18 bits per heavy atom. The fourth-order valence-electron chi connectivity index (χ4n) is 4.97. The topological polar surface area (TPSA) is 90.9 Å². The average molecular weight is 525 g/mol. The number of para-hydroxylation sites is 2. The highest BCUT2D eigenvalue weighted by Gasteiger charge is 2.31. The number of allylic oxidation sites excluding steroid dienone is 4. The first-order valence-electron chi connectivity index (χ1n) is 12.7. The Kier molecular flexibility index (Phi) is 7.43. The van der Waals surface area contributed by atoms with Gasteiger partial charge < -0.3 is 15.4 Å². The van der Waals surface area contributed by atoms with E-state index in [2.05, 4.69) is 28.8 Å². The zero-order valence-corrected chi connectivity index (χ0v) is 21.8. The molecule has 1 aliphatic rings. The maximum atomic E-state index is 13.3. The summed E-state index contributed by atoms with van der Waals surface area (Å²) in [6, 6.07) is 16.8. The van der Waals surface area contributed by atoms with Gasteiger partial charge in [0.2, 0.25) is 0 Å². The van der Waals surface area contributed by atoms with Crippen LogP contribution in [0, 0.1) is 0 Å². The Hall–Kier alpha value is -4.16. The molecule has 5 rings (SSSR count). The predicted octanol–water partition coefficient (Wildman–Crippen LogP) is 7.10. The molecule has 2 aromatic heterocycles. The number of fused-ring (bicyclic) bond motifs is 1. The number of halogens is 1. The van der Waals surface area contributed by atoms with E-state index in [0.717, 1.165) is 40.6 Å². The lowest BCUT2D eigenvalue weighted by Crippen LogP contribution is -2.29. The van der Waals surface area contributed by atoms with Crippen LogP contribution in [0.3, 0.4) is 0 Å². The van der Waals surface area contributed by atoms with Gasteiger partial charge >= 0.3 is 0 Å². The number of nitrogens with zero attached hydrogens (tertiary/aromatic N) is 2. The monoisotopic (exact) mass is 524 g/mol. The quantitative estimate of drug-likeness (QED) is 0.169. The van der Waals surface area contributed by atoms with E-state index in [1.165, 1.54) is 0 Å². The van der Waals surface area contributed by atoms with Crippen LogP contribution in [-0.2, 0) is 0 Å². The molecule has 2 heterocycles. The van der Waals surface area contributed by atoms with Gasteiger partial charge in [-0.1, -0.05) is 56.4 Å². The molecule has 1 amide bonds. The lowest BCUT2D eigenvalue weighted by Gasteiger charge is -2.27. The number of pyridine rings is 1. The maximum absolute atomic E-state index is 13.3. The lowest BCUT2D eigenvalue weighted by atomic mass is 9.81. The lowest BCUT2D eigenvalue weighted by molar-refractivity contribution is 0.0934. The largest absolute Gasteiger partial charge is 0.508 e. The van der Waals surface area contributed by atoms with Crippen molar-refractivity contribution in [2.75, 3.05) is 0 Å². The van der Waals surface area contributed by atoms with Crippen molar-refractivity contribution in [3.63, 3.8) is 0 Å². The second-order valence-corrected chi connectivity index (χ2v) is 9.88. The number of carbonyl (C=O) groups excluding carboxylic acids is 1. The summed E-state index contributed by atoms with van der Waals surface area (Å²) in [5.41, 5.74) is 5.35. The fourth-order valence-corrected chi connectivity index (χ4v) is 5.33. The number of hydrogen-bond donors (Lipinski definition) is 3. The standard InChI is InChI=1S/C31H29ClN4O2/c1-3-7-26(20-14-16-33-17-15-20)36-31(38)21-12-13-22(24(18-21)19(2)37)29-23(8-6-9-25(29)32)30-34-27-10-4-5-11-28(27)35-30/h4-6,8-18,25-26,29,37H,2-3,7H2,1H3,(H,34,35)(H,36,38)/t25-,26?,29?/m0/s1. The van der Waals surface area contributed by atoms with E-state index in [-0.39, 0.29) is 29.0 Å². The number of amides is 1. The molecule has 6 nitrogen and oxygen atoms in total. The predicted molar refractivity (Wildman–Crippen MR) is 153 cm³/mol. The van der Waals surface area contributed by atoms with E-state index in [4.69, 9.17) is 16.6 Å². The molecule has 7 heteroatoms. The van der Waals surface area contributed by atoms with Gasteiger partial charge in [0.1, 0.15) is 11.6 Å². The molecule has 1 aliphatic carbocycles. The first-order valence-corrected chi connectivity index (χ1v) is 13.1. The molecule has 3 N–H and O–H groups in total. The van der Waals surface area contributed by atoms with Crippen molar-refractivity contribution in [3.8, 4) is 0 Å². The zero-order valence-electron chi connectivity index (χ0n) is 21.1. The van der Waals surface area contributed by atoms with Gasteiger partial charge in [0.25, 0.3) is 5.91 Å². The van der Waals surface area contributed by atoms with Crippen molar-refractivity contribution in [3.05, 3.63) is 120 Å². The average Bonchev–Trinajstić information content (AvgIpc) is 3.37. The van der Waals surface area contributed by atoms with Crippen LogP contribution >= 0.6 is 11.6 Å². The zero-order chi connectivity index (χ0) is 26.6. The van der Waals surface area contributed by atoms with E-state index < -0.39 is 0 Å². The normalized spacial score (nSPS) is 17.7. The third-order valence-electron chi connectivity index (χ3n) is 6.84. The molecule has 192 valence electrons. The SMILES string of the molecule is C=C(O)c1cc(C(=O)NC(CCC)c2ccncc2)ccc1C1C(c2nc3ccccc3[nH]2)=CC=C[C@@H]1Cl. The van der Waals surface area contributed by atoms with E-state index in [9.17, 15) is 9.90 Å². The number of carbonyl (C=O) groups is 1. The summed E-state index contributed by atoms with van der Waals surface area (Å²) in [7, 11) is 0. The van der Waals surface area contributed by atoms with E-state index in [0.29, 0.717) is 17.0 Å². The molecule has 38 heavy (non-hydrogen) atoms. The van der Waals surface area contributed by atoms with Crippen LogP contribution in [0.2, 0.25) is 0 Å².